The highest BCUT2D eigenvalue weighted by Crippen LogP contribution is 2.86. The molecule has 0 amide bonds. The molecule has 2 aliphatic rings. The minimum absolute atomic E-state index is 0. The summed E-state index contributed by atoms with van der Waals surface area (Å²) < 4.78 is 56.2. The van der Waals surface area contributed by atoms with Crippen LogP contribution in [0.3, 0.4) is 0 Å². The van der Waals surface area contributed by atoms with E-state index in [1.165, 1.54) is 42.8 Å². The van der Waals surface area contributed by atoms with Crippen LogP contribution in [0, 0.1) is 5.92 Å². The first kappa shape index (κ1) is 64.0. The monoisotopic (exact) mass is 1220 g/mol. The molecule has 8 rings (SSSR count). The lowest BCUT2D eigenvalue weighted by molar-refractivity contribution is -0.142. The van der Waals surface area contributed by atoms with Crippen LogP contribution in [0.4, 0.5) is 0 Å². The summed E-state index contributed by atoms with van der Waals surface area (Å²) in [7, 11) is 9.67. The van der Waals surface area contributed by atoms with Gasteiger partial charge in [0.25, 0.3) is 11.1 Å². The number of nitrogens with one attached hydrogen (secondary N) is 3. The van der Waals surface area contributed by atoms with E-state index in [1.807, 2.05) is 96.8 Å². The Kier molecular flexibility index (Phi) is 23.6. The molecule has 2 fully saturated rings. The topological polar surface area (TPSA) is 281 Å². The van der Waals surface area contributed by atoms with Crippen molar-refractivity contribution in [3.8, 4) is 11.5 Å². The minimum Gasteiger partial charge on any atom is -0.497 e. The molecule has 4 aromatic carbocycles. The van der Waals surface area contributed by atoms with Gasteiger partial charge in [-0.3, -0.25) is 38.0 Å². The number of H-pyrrole nitrogens is 2. The average molecular weight is 1220 g/mol. The number of carbonyl (C=O) groups excluding carboxylic acids is 1. The summed E-state index contributed by atoms with van der Waals surface area (Å²) in [6.07, 6.45) is -7.44. The third-order valence-electron chi connectivity index (χ3n) is 12.7. The van der Waals surface area contributed by atoms with Gasteiger partial charge in [0.2, 0.25) is 0 Å². The fourth-order valence-electron chi connectivity index (χ4n) is 8.83. The van der Waals surface area contributed by atoms with Gasteiger partial charge in [-0.25, -0.2) is 14.2 Å². The quantitative estimate of drug-likeness (QED) is 0.0287. The third-order valence-corrected chi connectivity index (χ3v) is 35.8. The van der Waals surface area contributed by atoms with Gasteiger partial charge in [-0.15, -0.1) is 35.7 Å². The van der Waals surface area contributed by atoms with Gasteiger partial charge < -0.3 is 43.5 Å². The number of aromatic nitrogens is 4. The van der Waals surface area contributed by atoms with Crippen molar-refractivity contribution >= 4 is 63.4 Å². The summed E-state index contributed by atoms with van der Waals surface area (Å²) in [6.45, 7) is 6.72. The number of rotatable bonds is 18. The number of aliphatic hydroxyl groups excluding tert-OH is 3. The highest BCUT2D eigenvalue weighted by atomic mass is 33.0. The van der Waals surface area contributed by atoms with Crippen LogP contribution >= 0.6 is 57.4 Å². The molecule has 5 unspecified atom stereocenters. The van der Waals surface area contributed by atoms with Crippen molar-refractivity contribution in [2.75, 3.05) is 14.2 Å². The molecule has 0 bridgehead atoms. The molecule has 4 heterocycles. The van der Waals surface area contributed by atoms with Crippen LogP contribution < -0.4 is 36.8 Å². The second-order valence-electron chi connectivity index (χ2n) is 18.2. The molecule has 21 nitrogen and oxygen atoms in total. The van der Waals surface area contributed by atoms with Gasteiger partial charge in [0.15, 0.2) is 12.5 Å². The highest BCUT2D eigenvalue weighted by Gasteiger charge is 2.52. The number of aromatic amines is 2. The zero-order valence-corrected chi connectivity index (χ0v) is 51.1. The van der Waals surface area contributed by atoms with Gasteiger partial charge in [-0.2, -0.15) is 5.09 Å². The van der Waals surface area contributed by atoms with Crippen LogP contribution in [0.5, 0.6) is 11.5 Å². The highest BCUT2D eigenvalue weighted by molar-refractivity contribution is 8.92. The Labute approximate surface area is 468 Å². The average Bonchev–Trinajstić information content (AvgIpc) is 3.98. The van der Waals surface area contributed by atoms with Gasteiger partial charge in [0.1, 0.15) is 47.6 Å². The SMILES string of the molecule is COC(=O)[C@H](C)NP(=O)(Oc1ccccc1)O[C@H](C)[C@H]1O[C@@H](n2ccc(=O)[nH]c2=O)[C@@H](O)[C@@H]1O.COc1ccc(C(O[C@H]2[C@H](C)[C@@H]([C@@H](C)O)O[C@H]2n2ccc(=O)[nH]c2=O)(c2ccccc2)c2ccccc2)cc1.PP(P)P(P)P.[2HH]. The molecule has 2 aliphatic heterocycles. The molecule has 2 aromatic heterocycles. The molecular formula is C51H68N5O16P7. The second kappa shape index (κ2) is 29.2. The second-order valence-corrected chi connectivity index (χ2v) is 39.6. The maximum absolute atomic E-state index is 13.6. The van der Waals surface area contributed by atoms with Crippen molar-refractivity contribution in [2.45, 2.75) is 94.5 Å². The number of benzene rings is 4. The normalized spacial score (nSPS) is 22.8. The molecule has 2 saturated heterocycles. The zero-order valence-electron chi connectivity index (χ0n) is 43.8. The van der Waals surface area contributed by atoms with Crippen molar-refractivity contribution in [3.63, 3.8) is 0 Å². The Morgan fingerprint density at radius 3 is 1.62 bits per heavy atom. The molecule has 0 saturated carbocycles. The van der Waals surface area contributed by atoms with Gasteiger partial charge >= 0.3 is 25.1 Å². The summed E-state index contributed by atoms with van der Waals surface area (Å²) in [5.41, 5.74) is -1.14. The van der Waals surface area contributed by atoms with Crippen LogP contribution in [0.2, 0.25) is 0 Å². The molecule has 79 heavy (non-hydrogen) atoms. The maximum atomic E-state index is 13.6. The first-order valence-corrected chi connectivity index (χ1v) is 35.8. The van der Waals surface area contributed by atoms with E-state index < -0.39 is 103 Å². The summed E-state index contributed by atoms with van der Waals surface area (Å²) in [4.78, 5) is 64.3. The Morgan fingerprint density at radius 1 is 0.696 bits per heavy atom. The number of para-hydroxylation sites is 1. The van der Waals surface area contributed by atoms with Gasteiger partial charge in [-0.1, -0.05) is 97.9 Å². The van der Waals surface area contributed by atoms with E-state index in [2.05, 4.69) is 50.5 Å². The van der Waals surface area contributed by atoms with Crippen molar-refractivity contribution in [1.82, 2.24) is 24.2 Å². The van der Waals surface area contributed by atoms with E-state index in [0.29, 0.717) is 5.75 Å². The van der Waals surface area contributed by atoms with Crippen LogP contribution in [0.1, 0.15) is 58.3 Å². The molecule has 16 atom stereocenters. The third kappa shape index (κ3) is 16.1. The lowest BCUT2D eigenvalue weighted by Gasteiger charge is -2.40. The van der Waals surface area contributed by atoms with E-state index in [-0.39, 0.29) is 27.1 Å². The fourth-order valence-corrected chi connectivity index (χ4v) is 10.5. The molecule has 0 aliphatic carbocycles. The van der Waals surface area contributed by atoms with Crippen LogP contribution in [-0.2, 0) is 38.4 Å². The van der Waals surface area contributed by atoms with E-state index >= 15 is 0 Å². The summed E-state index contributed by atoms with van der Waals surface area (Å²) >= 11 is 0. The van der Waals surface area contributed by atoms with Crippen molar-refractivity contribution in [2.24, 2.45) is 5.92 Å². The number of esters is 1. The van der Waals surface area contributed by atoms with Crippen LogP contribution in [0.15, 0.2) is 159 Å². The Balaban J connectivity index is 0.000000266. The smallest absolute Gasteiger partial charge is 0.459 e. The number of hydrogen-bond acceptors (Lipinski definition) is 16. The summed E-state index contributed by atoms with van der Waals surface area (Å²) in [5, 5.41) is 34.0. The minimum atomic E-state index is -4.27. The number of nitrogens with zero attached hydrogens (tertiary/aromatic N) is 2. The molecule has 0 radical (unpaired) electrons. The number of aliphatic hydroxyl groups is 3. The first-order valence-electron chi connectivity index (χ1n) is 24.4. The van der Waals surface area contributed by atoms with E-state index in [9.17, 15) is 43.9 Å². The van der Waals surface area contributed by atoms with Gasteiger partial charge in [0.05, 0.1) is 32.5 Å². The lowest BCUT2D eigenvalue weighted by Crippen LogP contribution is -2.43. The van der Waals surface area contributed by atoms with Gasteiger partial charge in [-0.05, 0) is 75.7 Å². The predicted octanol–water partition coefficient (Wildman–Crippen LogP) is 7.01. The Morgan fingerprint density at radius 2 is 1.16 bits per heavy atom. The maximum Gasteiger partial charge on any atom is 0.459 e. The largest absolute Gasteiger partial charge is 0.497 e. The van der Waals surface area contributed by atoms with Crippen LogP contribution in [0.25, 0.3) is 0 Å². The molecule has 0 spiro atoms. The number of hydrogen-bond donors (Lipinski definition) is 6. The molecular weight excluding hydrogens is 1160 g/mol. The molecule has 28 heteroatoms. The lowest BCUT2D eigenvalue weighted by atomic mass is 9.79. The van der Waals surface area contributed by atoms with Crippen molar-refractivity contribution < 1.29 is 58.8 Å². The molecule has 6 N–H and O–H groups in total. The number of carbonyl (C=O) groups is 1. The Hall–Kier alpha value is -4.20. The Bertz CT molecular complexity index is 3160. The summed E-state index contributed by atoms with van der Waals surface area (Å²) in [5.74, 6) is -0.163. The van der Waals surface area contributed by atoms with Crippen molar-refractivity contribution in [1.29, 1.82) is 0 Å². The van der Waals surface area contributed by atoms with E-state index in [4.69, 9.17) is 28.0 Å². The van der Waals surface area contributed by atoms with E-state index in [1.54, 1.807) is 32.2 Å². The van der Waals surface area contributed by atoms with Gasteiger partial charge in [0, 0.05) is 31.9 Å². The number of ether oxygens (including phenoxy) is 5. The van der Waals surface area contributed by atoms with E-state index in [0.717, 1.165) is 40.6 Å². The zero-order chi connectivity index (χ0) is 57.8. The molecule has 6 aromatic rings. The first-order chi connectivity index (χ1) is 37.5. The summed E-state index contributed by atoms with van der Waals surface area (Å²) in [6, 6.07) is 36.7. The van der Waals surface area contributed by atoms with Crippen LogP contribution in [-0.4, -0.2) is 103 Å². The molecule has 428 valence electrons. The fraction of sp³-hybridized carbons (Fsp3) is 0.353. The van der Waals surface area contributed by atoms with Crippen molar-refractivity contribution in [3.05, 3.63) is 198 Å². The number of methoxy groups -OCH3 is 2. The standard InChI is InChI=1S/C31H32N2O6.C20H26N3O10P.H8P6.H2/c1-20-27(21(2)34)38-29(33-19-18-26(35)32-30(33)36)28(20)39-31(22-10-6-4-7-11-22,23-12-8-5-9-13-23)24-14-16-25(37-3)17-15-24;1-11(19(27)30-3)22-34(29,33-13-7-5-4-6-8-13)32-12(2)17-15(25)16(26)18(31-17)23-10-9-14(24)21-20(23)28;1-5(2)6(3)4;/h4-21,27-29,34H,1-3H3,(H,32,35,36);4-12,15-18,25-26H,1-3H3,(H,22,29)(H,21,24,28);1-4H2;1H/t20-,21-,27+,28+,29-;11-,12+,15-,16-,17+,18+,34?;;/m10../s1/i;;;1+1. The predicted molar refractivity (Wildman–Crippen MR) is 319 cm³/mol.